The van der Waals surface area contributed by atoms with Gasteiger partial charge < -0.3 is 9.15 Å². The molecule has 0 saturated heterocycles. The maximum atomic E-state index is 13.8. The fraction of sp³-hybridized carbons (Fsp3) is 0.174. The number of rotatable bonds is 4. The zero-order chi connectivity index (χ0) is 24.8. The predicted molar refractivity (Wildman–Crippen MR) is 115 cm³/mol. The molecule has 1 N–H and O–H groups in total. The lowest BCUT2D eigenvalue weighted by Crippen LogP contribution is -2.20. The van der Waals surface area contributed by atoms with Crippen LogP contribution >= 0.6 is 0 Å². The number of aryl methyl sites for hydroxylation is 2. The molecule has 0 saturated carbocycles. The lowest BCUT2D eigenvalue weighted by atomic mass is 10.1. The molecule has 7 nitrogen and oxygen atoms in total. The molecule has 0 spiro atoms. The number of fused-ring (bicyclic) bond motifs is 1. The van der Waals surface area contributed by atoms with Crippen LogP contribution in [0.15, 0.2) is 39.6 Å². The van der Waals surface area contributed by atoms with Crippen molar-refractivity contribution in [2.45, 2.75) is 20.0 Å². The number of hydrogen-bond donors (Lipinski definition) is 1. The number of H-pyrrole nitrogens is 1. The van der Waals surface area contributed by atoms with Crippen LogP contribution in [0.1, 0.15) is 22.8 Å². The van der Waals surface area contributed by atoms with Crippen molar-refractivity contribution in [3.05, 3.63) is 69.4 Å². The Bertz CT molecular complexity index is 1530. The van der Waals surface area contributed by atoms with E-state index >= 15 is 0 Å². The van der Waals surface area contributed by atoms with E-state index in [0.717, 1.165) is 12.1 Å². The van der Waals surface area contributed by atoms with Gasteiger partial charge in [-0.05, 0) is 31.5 Å². The van der Waals surface area contributed by atoms with Gasteiger partial charge in [0.25, 0.3) is 5.56 Å². The molecule has 34 heavy (non-hydrogen) atoms. The number of nitrogens with zero attached hydrogens (tertiary/aromatic N) is 3. The molecular weight excluding hydrogens is 456 g/mol. The molecule has 0 fully saturated rings. The van der Waals surface area contributed by atoms with Gasteiger partial charge in [-0.3, -0.25) is 9.89 Å². The Morgan fingerprint density at radius 3 is 2.47 bits per heavy atom. The maximum absolute atomic E-state index is 13.8. The zero-order valence-electron chi connectivity index (χ0n) is 18.0. The van der Waals surface area contributed by atoms with Gasteiger partial charge in [-0.2, -0.15) is 17.7 Å². The molecule has 0 radical (unpaired) electrons. The summed E-state index contributed by atoms with van der Waals surface area (Å²) in [5.74, 6) is 2.00. The van der Waals surface area contributed by atoms with Gasteiger partial charge in [-0.25, -0.2) is 14.4 Å². The van der Waals surface area contributed by atoms with E-state index < -0.39 is 23.2 Å². The molecule has 0 bridgehead atoms. The first-order chi connectivity index (χ1) is 16.1. The third kappa shape index (κ3) is 3.73. The van der Waals surface area contributed by atoms with Crippen LogP contribution in [0.25, 0.3) is 34.0 Å². The lowest BCUT2D eigenvalue weighted by molar-refractivity contribution is -0.140. The number of aromatic amines is 1. The Labute approximate surface area is 189 Å². The molecule has 3 aromatic heterocycles. The molecule has 4 aromatic rings. The number of hydrogen-bond acceptors (Lipinski definition) is 5. The van der Waals surface area contributed by atoms with Gasteiger partial charge in [0.05, 0.1) is 18.4 Å². The minimum atomic E-state index is -4.85. The van der Waals surface area contributed by atoms with E-state index in [1.54, 1.807) is 6.92 Å². The molecule has 1 aromatic carbocycles. The van der Waals surface area contributed by atoms with Crippen LogP contribution in [-0.4, -0.2) is 26.7 Å². The van der Waals surface area contributed by atoms with Crippen molar-refractivity contribution in [2.75, 3.05) is 7.11 Å². The van der Waals surface area contributed by atoms with E-state index in [2.05, 4.69) is 21.0 Å². The highest BCUT2D eigenvalue weighted by Gasteiger charge is 2.38. The average Bonchev–Trinajstić information content (AvgIpc) is 3.34. The Morgan fingerprint density at radius 1 is 1.21 bits per heavy atom. The summed E-state index contributed by atoms with van der Waals surface area (Å²) in [6.07, 6.45) is 1.75. The Balaban J connectivity index is 2.01. The summed E-state index contributed by atoms with van der Waals surface area (Å²) in [6.45, 7) is 3.01. The molecule has 0 aliphatic heterocycles. The van der Waals surface area contributed by atoms with Gasteiger partial charge in [0.1, 0.15) is 28.5 Å². The van der Waals surface area contributed by atoms with Gasteiger partial charge >= 0.3 is 6.18 Å². The van der Waals surface area contributed by atoms with E-state index in [1.807, 2.05) is 0 Å². The number of aromatic nitrogens is 4. The summed E-state index contributed by atoms with van der Waals surface area (Å²) in [7, 11) is 1.37. The summed E-state index contributed by atoms with van der Waals surface area (Å²) in [5.41, 5.74) is -2.55. The fourth-order valence-electron chi connectivity index (χ4n) is 3.55. The zero-order valence-corrected chi connectivity index (χ0v) is 18.0. The molecule has 3 heterocycles. The van der Waals surface area contributed by atoms with Gasteiger partial charge in [0, 0.05) is 6.08 Å². The first kappa shape index (κ1) is 22.8. The van der Waals surface area contributed by atoms with Gasteiger partial charge in [0.2, 0.25) is 5.89 Å². The summed E-state index contributed by atoms with van der Waals surface area (Å²) in [4.78, 5) is 21.8. The molecule has 174 valence electrons. The summed E-state index contributed by atoms with van der Waals surface area (Å²) >= 11 is 0. The van der Waals surface area contributed by atoms with Crippen molar-refractivity contribution >= 4 is 11.4 Å². The molecular formula is C23H16F4N4O3. The number of ether oxygens (including phenoxy) is 1. The number of alkyl halides is 3. The van der Waals surface area contributed by atoms with Crippen LogP contribution in [-0.2, 0) is 10.9 Å². The number of terminal acetylenes is 1. The Kier molecular flexibility index (Phi) is 5.53. The van der Waals surface area contributed by atoms with Crippen molar-refractivity contribution in [3.63, 3.8) is 0 Å². The van der Waals surface area contributed by atoms with Crippen molar-refractivity contribution in [3.8, 4) is 34.9 Å². The second-order valence-corrected chi connectivity index (χ2v) is 7.21. The quantitative estimate of drug-likeness (QED) is 0.264. The Morgan fingerprint density at radius 2 is 1.88 bits per heavy atom. The standard InChI is InChI=1S/C23H16F4N4O3/c1-5-6-15(33-4)18-12(3)34-21(29-18)16-11(2)28-20-17(13-7-9-14(24)10-8-13)19(23(25,26)27)30-31(20)22(16)32/h1,6-10,30H,2-4H3/b15-6+. The minimum Gasteiger partial charge on any atom is -0.494 e. The summed E-state index contributed by atoms with van der Waals surface area (Å²) in [5, 5.41) is 2.09. The largest absolute Gasteiger partial charge is 0.494 e. The highest BCUT2D eigenvalue weighted by molar-refractivity contribution is 5.81. The normalized spacial score (nSPS) is 12.2. The molecule has 0 aliphatic carbocycles. The van der Waals surface area contributed by atoms with Crippen molar-refractivity contribution in [1.29, 1.82) is 0 Å². The predicted octanol–water partition coefficient (Wildman–Crippen LogP) is 4.74. The van der Waals surface area contributed by atoms with Gasteiger partial charge in [0.15, 0.2) is 11.4 Å². The number of nitrogens with one attached hydrogen (secondary N) is 1. The fourth-order valence-corrected chi connectivity index (χ4v) is 3.55. The average molecular weight is 472 g/mol. The van der Waals surface area contributed by atoms with Crippen LogP contribution in [0.4, 0.5) is 17.6 Å². The molecule has 0 atom stereocenters. The Hall–Kier alpha value is -4.33. The summed E-state index contributed by atoms with van der Waals surface area (Å²) in [6, 6.07) is 4.40. The van der Waals surface area contributed by atoms with Crippen LogP contribution in [0.3, 0.4) is 0 Å². The van der Waals surface area contributed by atoms with Crippen LogP contribution in [0, 0.1) is 32.0 Å². The second kappa shape index (κ2) is 8.22. The first-order valence-corrected chi connectivity index (χ1v) is 9.73. The minimum absolute atomic E-state index is 0.0323. The van der Waals surface area contributed by atoms with Gasteiger partial charge in [-0.15, -0.1) is 6.42 Å². The van der Waals surface area contributed by atoms with E-state index in [9.17, 15) is 22.4 Å². The van der Waals surface area contributed by atoms with Crippen LogP contribution < -0.4 is 5.56 Å². The number of allylic oxidation sites excluding steroid dienone is 1. The topological polar surface area (TPSA) is 85.4 Å². The number of halogens is 4. The number of methoxy groups -OCH3 is 1. The highest BCUT2D eigenvalue weighted by Crippen LogP contribution is 2.38. The number of oxazole rings is 1. The SMILES string of the molecule is C#C/C=C(/OC)c1nc(-c2c(C)nc3c(-c4ccc(F)cc4)c(C(F)(F)F)[nH]n3c2=O)oc1C. The number of benzene rings is 1. The first-order valence-electron chi connectivity index (χ1n) is 9.73. The monoisotopic (exact) mass is 472 g/mol. The van der Waals surface area contributed by atoms with E-state index in [-0.39, 0.29) is 51.1 Å². The maximum Gasteiger partial charge on any atom is 0.433 e. The lowest BCUT2D eigenvalue weighted by Gasteiger charge is -2.07. The smallest absolute Gasteiger partial charge is 0.433 e. The third-order valence-electron chi connectivity index (χ3n) is 5.06. The molecule has 4 rings (SSSR count). The van der Waals surface area contributed by atoms with Crippen LogP contribution in [0.2, 0.25) is 0 Å². The molecule has 0 aliphatic rings. The van der Waals surface area contributed by atoms with E-state index in [1.165, 1.54) is 32.2 Å². The highest BCUT2D eigenvalue weighted by atomic mass is 19.4. The molecule has 0 unspecified atom stereocenters. The molecule has 0 amide bonds. The summed E-state index contributed by atoms with van der Waals surface area (Å²) < 4.78 is 66.4. The van der Waals surface area contributed by atoms with Gasteiger partial charge in [-0.1, -0.05) is 18.1 Å². The van der Waals surface area contributed by atoms with E-state index in [0.29, 0.717) is 4.52 Å². The van der Waals surface area contributed by atoms with Crippen molar-refractivity contribution < 1.29 is 26.7 Å². The second-order valence-electron chi connectivity index (χ2n) is 7.21. The third-order valence-corrected chi connectivity index (χ3v) is 5.06. The van der Waals surface area contributed by atoms with Crippen LogP contribution in [0.5, 0.6) is 0 Å². The van der Waals surface area contributed by atoms with Crippen molar-refractivity contribution in [2.24, 2.45) is 0 Å². The van der Waals surface area contributed by atoms with E-state index in [4.69, 9.17) is 15.6 Å². The van der Waals surface area contributed by atoms with Crippen molar-refractivity contribution in [1.82, 2.24) is 19.6 Å². The molecule has 11 heteroatoms.